The van der Waals surface area contributed by atoms with Crippen LogP contribution in [0.2, 0.25) is 5.02 Å². The smallest absolute Gasteiger partial charge is 0.340 e. The van der Waals surface area contributed by atoms with Gasteiger partial charge in [0, 0.05) is 6.04 Å². The standard InChI is InChI=1S/C12H16ClNO2/c1-4-16-12(15)9-6-5-7-10(13)11(9)14-8(2)3/h5-8,14H,4H2,1-3H3. The predicted octanol–water partition coefficient (Wildman–Crippen LogP) is 3.34. The molecule has 0 spiro atoms. The molecular formula is C12H16ClNO2. The third-order valence-electron chi connectivity index (χ3n) is 1.94. The highest BCUT2D eigenvalue weighted by atomic mass is 35.5. The number of benzene rings is 1. The summed E-state index contributed by atoms with van der Waals surface area (Å²) in [5.41, 5.74) is 1.11. The summed E-state index contributed by atoms with van der Waals surface area (Å²) in [7, 11) is 0. The summed E-state index contributed by atoms with van der Waals surface area (Å²) in [6.45, 7) is 6.10. The molecule has 0 saturated heterocycles. The Labute approximate surface area is 101 Å². The summed E-state index contributed by atoms with van der Waals surface area (Å²) in [6.07, 6.45) is 0. The molecule has 0 heterocycles. The Bertz CT molecular complexity index is 377. The molecule has 3 nitrogen and oxygen atoms in total. The lowest BCUT2D eigenvalue weighted by molar-refractivity contribution is 0.0527. The fourth-order valence-electron chi connectivity index (χ4n) is 1.34. The Balaban J connectivity index is 3.07. The van der Waals surface area contributed by atoms with Crippen LogP contribution in [0, 0.1) is 0 Å². The maximum atomic E-state index is 11.7. The van der Waals surface area contributed by atoms with Crippen LogP contribution in [-0.2, 0) is 4.74 Å². The van der Waals surface area contributed by atoms with Crippen molar-refractivity contribution >= 4 is 23.3 Å². The average molecular weight is 242 g/mol. The lowest BCUT2D eigenvalue weighted by Gasteiger charge is -2.15. The van der Waals surface area contributed by atoms with Gasteiger partial charge in [0.25, 0.3) is 0 Å². The van der Waals surface area contributed by atoms with Crippen LogP contribution in [0.5, 0.6) is 0 Å². The van der Waals surface area contributed by atoms with Gasteiger partial charge in [0.2, 0.25) is 0 Å². The normalized spacial score (nSPS) is 10.3. The molecule has 1 aromatic carbocycles. The number of ether oxygens (including phenoxy) is 1. The molecule has 0 aliphatic rings. The first kappa shape index (κ1) is 12.8. The molecule has 0 atom stereocenters. The lowest BCUT2D eigenvalue weighted by atomic mass is 10.1. The highest BCUT2D eigenvalue weighted by Crippen LogP contribution is 2.27. The number of carbonyl (C=O) groups is 1. The van der Waals surface area contributed by atoms with Gasteiger partial charge in [0.1, 0.15) is 0 Å². The summed E-state index contributed by atoms with van der Waals surface area (Å²) in [4.78, 5) is 11.7. The maximum absolute atomic E-state index is 11.7. The second-order valence-electron chi connectivity index (χ2n) is 3.68. The minimum Gasteiger partial charge on any atom is -0.462 e. The molecule has 0 fully saturated rings. The van der Waals surface area contributed by atoms with Gasteiger partial charge < -0.3 is 10.1 Å². The Morgan fingerprint density at radius 1 is 1.50 bits per heavy atom. The van der Waals surface area contributed by atoms with E-state index in [-0.39, 0.29) is 12.0 Å². The number of halogens is 1. The van der Waals surface area contributed by atoms with E-state index in [9.17, 15) is 4.79 Å². The molecule has 0 aromatic heterocycles. The van der Waals surface area contributed by atoms with Crippen LogP contribution >= 0.6 is 11.6 Å². The Kier molecular flexibility index (Phi) is 4.62. The molecule has 16 heavy (non-hydrogen) atoms. The monoisotopic (exact) mass is 241 g/mol. The molecule has 0 amide bonds. The van der Waals surface area contributed by atoms with Crippen molar-refractivity contribution in [1.82, 2.24) is 0 Å². The van der Waals surface area contributed by atoms with Crippen molar-refractivity contribution < 1.29 is 9.53 Å². The van der Waals surface area contributed by atoms with Gasteiger partial charge in [-0.3, -0.25) is 0 Å². The van der Waals surface area contributed by atoms with Gasteiger partial charge in [0.05, 0.1) is 22.9 Å². The number of hydrogen-bond acceptors (Lipinski definition) is 3. The van der Waals surface area contributed by atoms with Crippen molar-refractivity contribution in [1.29, 1.82) is 0 Å². The van der Waals surface area contributed by atoms with Crippen molar-refractivity contribution in [2.45, 2.75) is 26.8 Å². The van der Waals surface area contributed by atoms with Crippen LogP contribution in [0.3, 0.4) is 0 Å². The van der Waals surface area contributed by atoms with Crippen LogP contribution < -0.4 is 5.32 Å². The Morgan fingerprint density at radius 2 is 2.19 bits per heavy atom. The molecule has 0 aliphatic carbocycles. The molecule has 0 aliphatic heterocycles. The molecule has 0 radical (unpaired) electrons. The van der Waals surface area contributed by atoms with E-state index < -0.39 is 0 Å². The topological polar surface area (TPSA) is 38.3 Å². The highest BCUT2D eigenvalue weighted by Gasteiger charge is 2.15. The van der Waals surface area contributed by atoms with Gasteiger partial charge in [-0.25, -0.2) is 4.79 Å². The number of esters is 1. The van der Waals surface area contributed by atoms with Crippen LogP contribution in [0.4, 0.5) is 5.69 Å². The van der Waals surface area contributed by atoms with E-state index in [1.165, 1.54) is 0 Å². The van der Waals surface area contributed by atoms with Crippen molar-refractivity contribution in [2.75, 3.05) is 11.9 Å². The lowest BCUT2D eigenvalue weighted by Crippen LogP contribution is -2.15. The van der Waals surface area contributed by atoms with Crippen molar-refractivity contribution in [3.05, 3.63) is 28.8 Å². The van der Waals surface area contributed by atoms with Crippen molar-refractivity contribution in [2.24, 2.45) is 0 Å². The first-order valence-corrected chi connectivity index (χ1v) is 5.66. The largest absolute Gasteiger partial charge is 0.462 e. The second kappa shape index (κ2) is 5.75. The average Bonchev–Trinajstić information content (AvgIpc) is 2.20. The fourth-order valence-corrected chi connectivity index (χ4v) is 1.57. The van der Waals surface area contributed by atoms with Gasteiger partial charge in [0.15, 0.2) is 0 Å². The molecule has 1 N–H and O–H groups in total. The SMILES string of the molecule is CCOC(=O)c1cccc(Cl)c1NC(C)C. The van der Waals surface area contributed by atoms with E-state index in [4.69, 9.17) is 16.3 Å². The van der Waals surface area contributed by atoms with E-state index in [0.29, 0.717) is 22.9 Å². The molecule has 0 unspecified atom stereocenters. The summed E-state index contributed by atoms with van der Waals surface area (Å²) < 4.78 is 4.97. The van der Waals surface area contributed by atoms with Gasteiger partial charge in [-0.1, -0.05) is 17.7 Å². The number of anilines is 1. The third kappa shape index (κ3) is 3.14. The van der Waals surface area contributed by atoms with E-state index in [1.807, 2.05) is 13.8 Å². The zero-order valence-electron chi connectivity index (χ0n) is 9.71. The highest BCUT2D eigenvalue weighted by molar-refractivity contribution is 6.34. The summed E-state index contributed by atoms with van der Waals surface area (Å²) in [5, 5.41) is 3.68. The summed E-state index contributed by atoms with van der Waals surface area (Å²) in [6, 6.07) is 5.39. The minimum absolute atomic E-state index is 0.202. The van der Waals surface area contributed by atoms with Gasteiger partial charge in [-0.15, -0.1) is 0 Å². The molecule has 0 saturated carbocycles. The fraction of sp³-hybridized carbons (Fsp3) is 0.417. The summed E-state index contributed by atoms with van der Waals surface area (Å²) >= 11 is 6.05. The number of para-hydroxylation sites is 1. The maximum Gasteiger partial charge on any atom is 0.340 e. The first-order chi connectivity index (χ1) is 7.56. The molecule has 88 valence electrons. The molecule has 0 bridgehead atoms. The minimum atomic E-state index is -0.354. The quantitative estimate of drug-likeness (QED) is 0.822. The second-order valence-corrected chi connectivity index (χ2v) is 4.09. The first-order valence-electron chi connectivity index (χ1n) is 5.28. The number of rotatable bonds is 4. The zero-order valence-corrected chi connectivity index (χ0v) is 10.5. The van der Waals surface area contributed by atoms with Gasteiger partial charge in [-0.2, -0.15) is 0 Å². The molecule has 1 rings (SSSR count). The number of carbonyl (C=O) groups excluding carboxylic acids is 1. The van der Waals surface area contributed by atoms with Crippen LogP contribution in [0.25, 0.3) is 0 Å². The zero-order chi connectivity index (χ0) is 12.1. The van der Waals surface area contributed by atoms with Gasteiger partial charge >= 0.3 is 5.97 Å². The van der Waals surface area contributed by atoms with Crippen molar-refractivity contribution in [3.63, 3.8) is 0 Å². The van der Waals surface area contributed by atoms with Crippen molar-refractivity contribution in [3.8, 4) is 0 Å². The Morgan fingerprint density at radius 3 is 2.75 bits per heavy atom. The third-order valence-corrected chi connectivity index (χ3v) is 2.26. The molecular weight excluding hydrogens is 226 g/mol. The molecule has 4 heteroatoms. The number of nitrogens with one attached hydrogen (secondary N) is 1. The van der Waals surface area contributed by atoms with E-state index in [0.717, 1.165) is 0 Å². The predicted molar refractivity (Wildman–Crippen MR) is 66.2 cm³/mol. The van der Waals surface area contributed by atoms with Crippen LogP contribution in [0.1, 0.15) is 31.1 Å². The Hall–Kier alpha value is -1.22. The van der Waals surface area contributed by atoms with E-state index in [1.54, 1.807) is 25.1 Å². The van der Waals surface area contributed by atoms with Gasteiger partial charge in [-0.05, 0) is 32.9 Å². The molecule has 1 aromatic rings. The number of hydrogen-bond donors (Lipinski definition) is 1. The van der Waals surface area contributed by atoms with Crippen LogP contribution in [0.15, 0.2) is 18.2 Å². The van der Waals surface area contributed by atoms with Crippen LogP contribution in [-0.4, -0.2) is 18.6 Å². The summed E-state index contributed by atoms with van der Waals surface area (Å²) in [5.74, 6) is -0.354. The van der Waals surface area contributed by atoms with E-state index >= 15 is 0 Å². The van der Waals surface area contributed by atoms with E-state index in [2.05, 4.69) is 5.32 Å².